The van der Waals surface area contributed by atoms with Crippen LogP contribution in [0.3, 0.4) is 0 Å². The predicted octanol–water partition coefficient (Wildman–Crippen LogP) is 4.38. The van der Waals surface area contributed by atoms with Gasteiger partial charge in [0.25, 0.3) is 0 Å². The van der Waals surface area contributed by atoms with Gasteiger partial charge in [-0.2, -0.15) is 0 Å². The highest BCUT2D eigenvalue weighted by atomic mass is 16.7. The van der Waals surface area contributed by atoms with Crippen molar-refractivity contribution in [3.63, 3.8) is 0 Å². The minimum atomic E-state index is -1.62. The number of aliphatic hydroxyl groups is 5. The quantitative estimate of drug-likeness (QED) is 0.0311. The number of nitrogens with one attached hydrogen (secondary N) is 1. The summed E-state index contributed by atoms with van der Waals surface area (Å²) in [6.07, 6.45) is -5.30. The SMILES string of the molecule is CCCC(C)(O)C(O)C(C)C(=NOCOCCOC)C(C)CC(C)(O)C(O[C@@H]1O[C@H](C)C[C@H](NCC(C)C)[C@H]1O)C(C)C(O[C@H]1C[C@@](C)(OC)[C@@H](O)[C@H](C)O1)C(C)C. The third-order valence-corrected chi connectivity index (χ3v) is 12.1. The fourth-order valence-corrected chi connectivity index (χ4v) is 8.72. The molecule has 0 spiro atoms. The normalized spacial score (nSPS) is 32.6. The summed E-state index contributed by atoms with van der Waals surface area (Å²) in [6.45, 7) is 25.9. The maximum Gasteiger partial charge on any atom is 0.216 e. The first-order valence-corrected chi connectivity index (χ1v) is 21.6. The molecule has 58 heavy (non-hydrogen) atoms. The molecule has 0 aromatic rings. The van der Waals surface area contributed by atoms with Crippen molar-refractivity contribution in [1.29, 1.82) is 0 Å². The molecule has 344 valence electrons. The predicted molar refractivity (Wildman–Crippen MR) is 222 cm³/mol. The molecule has 2 aliphatic heterocycles. The monoisotopic (exact) mass is 837 g/mol. The molecule has 2 heterocycles. The summed E-state index contributed by atoms with van der Waals surface area (Å²) in [4.78, 5) is 5.61. The van der Waals surface area contributed by atoms with Crippen molar-refractivity contribution in [3.05, 3.63) is 0 Å². The lowest BCUT2D eigenvalue weighted by Gasteiger charge is -2.48. The number of ether oxygens (including phenoxy) is 7. The van der Waals surface area contributed by atoms with Crippen molar-refractivity contribution in [1.82, 2.24) is 5.32 Å². The van der Waals surface area contributed by atoms with Gasteiger partial charge in [-0.25, -0.2) is 0 Å². The van der Waals surface area contributed by atoms with Crippen LogP contribution in [-0.4, -0.2) is 150 Å². The Bertz CT molecular complexity index is 1190. The van der Waals surface area contributed by atoms with E-state index in [0.717, 1.165) is 0 Å². The molecule has 6 N–H and O–H groups in total. The first kappa shape index (κ1) is 53.1. The largest absolute Gasteiger partial charge is 0.389 e. The zero-order valence-electron chi connectivity index (χ0n) is 38.5. The van der Waals surface area contributed by atoms with Crippen LogP contribution in [-0.2, 0) is 38.0 Å². The molecule has 2 fully saturated rings. The Hall–Kier alpha value is -1.05. The van der Waals surface area contributed by atoms with Gasteiger partial charge in [-0.1, -0.05) is 67.0 Å². The molecule has 15 heteroatoms. The van der Waals surface area contributed by atoms with Crippen molar-refractivity contribution in [3.8, 4) is 0 Å². The van der Waals surface area contributed by atoms with E-state index in [0.29, 0.717) is 50.7 Å². The van der Waals surface area contributed by atoms with E-state index >= 15 is 0 Å². The summed E-state index contributed by atoms with van der Waals surface area (Å²) in [5.74, 6) is -1.45. The Kier molecular flexibility index (Phi) is 21.9. The number of rotatable bonds is 26. The Morgan fingerprint density at radius 3 is 2.19 bits per heavy atom. The second-order valence-electron chi connectivity index (χ2n) is 18.6. The topological polar surface area (TPSA) is 199 Å². The Balaban J connectivity index is 2.59. The summed E-state index contributed by atoms with van der Waals surface area (Å²) in [5, 5.41) is 66.1. The van der Waals surface area contributed by atoms with Gasteiger partial charge in [-0.15, -0.1) is 0 Å². The van der Waals surface area contributed by atoms with E-state index in [-0.39, 0.29) is 37.7 Å². The standard InChI is InChI=1S/C43H84N2O13/c1-16-17-41(11,49)37(47)29(8)34(45-54-24-53-19-18-51-14)27(6)21-42(12,50)39(58-40-35(46)32(20-28(7)55-40)44-23-25(2)3)30(9)36(26(4)5)57-33-22-43(13,52-15)38(48)31(10)56-33/h25-33,35-40,44,46-50H,16-24H2,1-15H3/t27?,28-,29?,30?,31+,32+,33+,35-,36?,37?,38+,39?,40+,41?,42?,43-/m1/s1. The highest BCUT2D eigenvalue weighted by Crippen LogP contribution is 2.39. The van der Waals surface area contributed by atoms with E-state index in [2.05, 4.69) is 24.3 Å². The van der Waals surface area contributed by atoms with E-state index in [1.807, 2.05) is 48.5 Å². The van der Waals surface area contributed by atoms with Gasteiger partial charge < -0.3 is 68.8 Å². The zero-order chi connectivity index (χ0) is 44.2. The van der Waals surface area contributed by atoms with Crippen LogP contribution < -0.4 is 5.32 Å². The lowest BCUT2D eigenvalue weighted by molar-refractivity contribution is -0.315. The van der Waals surface area contributed by atoms with Crippen molar-refractivity contribution >= 4 is 5.71 Å². The molecule has 2 rings (SSSR count). The molecule has 0 bridgehead atoms. The first-order chi connectivity index (χ1) is 27.0. The number of methoxy groups -OCH3 is 2. The van der Waals surface area contributed by atoms with Crippen LogP contribution in [0.1, 0.15) is 122 Å². The maximum absolute atomic E-state index is 12.8. The smallest absolute Gasteiger partial charge is 0.216 e. The summed E-state index contributed by atoms with van der Waals surface area (Å²) in [5.41, 5.74) is -3.52. The average molecular weight is 837 g/mol. The Labute approximate surface area is 349 Å². The molecule has 0 radical (unpaired) electrons. The van der Waals surface area contributed by atoms with E-state index in [1.165, 1.54) is 0 Å². The molecule has 0 aromatic carbocycles. The molecule has 0 aliphatic carbocycles. The van der Waals surface area contributed by atoms with E-state index in [1.54, 1.807) is 41.9 Å². The third-order valence-electron chi connectivity index (χ3n) is 12.1. The van der Waals surface area contributed by atoms with Gasteiger partial charge in [-0.3, -0.25) is 0 Å². The minimum absolute atomic E-state index is 0.0742. The molecule has 0 amide bonds. The second kappa shape index (κ2) is 24.0. The van der Waals surface area contributed by atoms with E-state index in [4.69, 9.17) is 38.0 Å². The average Bonchev–Trinajstić information content (AvgIpc) is 3.13. The molecule has 0 saturated carbocycles. The van der Waals surface area contributed by atoms with E-state index < -0.39 is 83.8 Å². The lowest BCUT2D eigenvalue weighted by atomic mass is 9.74. The van der Waals surface area contributed by atoms with Gasteiger partial charge >= 0.3 is 0 Å². The lowest BCUT2D eigenvalue weighted by Crippen LogP contribution is -2.60. The van der Waals surface area contributed by atoms with Crippen LogP contribution in [0, 0.1) is 29.6 Å². The van der Waals surface area contributed by atoms with Gasteiger partial charge in [-0.05, 0) is 72.3 Å². The molecule has 15 nitrogen and oxygen atoms in total. The van der Waals surface area contributed by atoms with Crippen LogP contribution >= 0.6 is 0 Å². The zero-order valence-corrected chi connectivity index (χ0v) is 38.5. The van der Waals surface area contributed by atoms with Gasteiger partial charge in [0.1, 0.15) is 12.2 Å². The van der Waals surface area contributed by atoms with Gasteiger partial charge in [0.05, 0.1) is 66.2 Å². The van der Waals surface area contributed by atoms with Crippen molar-refractivity contribution in [2.45, 2.75) is 200 Å². The molecule has 16 atom stereocenters. The fourth-order valence-electron chi connectivity index (χ4n) is 8.72. The third kappa shape index (κ3) is 15.1. The fraction of sp³-hybridized carbons (Fsp3) is 0.977. The molecular weight excluding hydrogens is 752 g/mol. The van der Waals surface area contributed by atoms with Crippen LogP contribution in [0.4, 0.5) is 0 Å². The maximum atomic E-state index is 12.8. The van der Waals surface area contributed by atoms with Crippen molar-refractivity contribution in [2.24, 2.45) is 34.7 Å². The van der Waals surface area contributed by atoms with Crippen LogP contribution in [0.5, 0.6) is 0 Å². The number of aliphatic hydroxyl groups excluding tert-OH is 3. The van der Waals surface area contributed by atoms with Gasteiger partial charge in [0.15, 0.2) is 12.6 Å². The molecule has 8 unspecified atom stereocenters. The molecule has 0 aromatic heterocycles. The number of oxime groups is 1. The number of hydrogen-bond donors (Lipinski definition) is 6. The van der Waals surface area contributed by atoms with Gasteiger partial charge in [0.2, 0.25) is 6.79 Å². The van der Waals surface area contributed by atoms with E-state index in [9.17, 15) is 25.5 Å². The Morgan fingerprint density at radius 2 is 1.62 bits per heavy atom. The van der Waals surface area contributed by atoms with Gasteiger partial charge in [0, 0.05) is 44.4 Å². The van der Waals surface area contributed by atoms with Crippen molar-refractivity contribution in [2.75, 3.05) is 40.8 Å². The Morgan fingerprint density at radius 1 is 0.966 bits per heavy atom. The summed E-state index contributed by atoms with van der Waals surface area (Å²) in [7, 11) is 3.13. The highest BCUT2D eigenvalue weighted by Gasteiger charge is 2.50. The molecule has 2 aliphatic rings. The summed E-state index contributed by atoms with van der Waals surface area (Å²) >= 11 is 0. The van der Waals surface area contributed by atoms with Crippen LogP contribution in [0.2, 0.25) is 0 Å². The summed E-state index contributed by atoms with van der Waals surface area (Å²) < 4.78 is 42.3. The molecular formula is C43H84N2O13. The first-order valence-electron chi connectivity index (χ1n) is 21.6. The highest BCUT2D eigenvalue weighted by molar-refractivity contribution is 5.88. The van der Waals surface area contributed by atoms with Crippen LogP contribution in [0.15, 0.2) is 5.16 Å². The summed E-state index contributed by atoms with van der Waals surface area (Å²) in [6, 6.07) is -0.302. The minimum Gasteiger partial charge on any atom is -0.389 e. The molecule has 2 saturated heterocycles. The number of nitrogens with zero attached hydrogens (tertiary/aromatic N) is 1. The second-order valence-corrected chi connectivity index (χ2v) is 18.6. The number of hydrogen-bond acceptors (Lipinski definition) is 15. The van der Waals surface area contributed by atoms with Crippen LogP contribution in [0.25, 0.3) is 0 Å². The van der Waals surface area contributed by atoms with Crippen molar-refractivity contribution < 1.29 is 63.5 Å².